The lowest BCUT2D eigenvalue weighted by Gasteiger charge is -2.14. The summed E-state index contributed by atoms with van der Waals surface area (Å²) in [6, 6.07) is 15.5. The molecule has 1 atom stereocenters. The molecule has 1 heterocycles. The van der Waals surface area contributed by atoms with Crippen LogP contribution < -0.4 is 10.1 Å². The number of anilines is 1. The van der Waals surface area contributed by atoms with Crippen molar-refractivity contribution in [1.29, 1.82) is 0 Å². The molecule has 0 aliphatic heterocycles. The topological polar surface area (TPSA) is 121 Å². The van der Waals surface area contributed by atoms with Gasteiger partial charge in [0.2, 0.25) is 0 Å². The number of carbonyl (C=O) groups is 2. The first-order valence-corrected chi connectivity index (χ1v) is 9.55. The van der Waals surface area contributed by atoms with Crippen LogP contribution in [0.25, 0.3) is 10.9 Å². The van der Waals surface area contributed by atoms with E-state index in [0.717, 1.165) is 16.6 Å². The Bertz CT molecular complexity index is 1130. The number of benzene rings is 2. The number of nitro groups is 1. The lowest BCUT2D eigenvalue weighted by atomic mass is 10.1. The third-order valence-corrected chi connectivity index (χ3v) is 4.58. The molecule has 0 fully saturated rings. The Balaban J connectivity index is 1.56. The van der Waals surface area contributed by atoms with Crippen molar-refractivity contribution in [2.75, 3.05) is 12.4 Å². The molecule has 9 nitrogen and oxygen atoms in total. The number of carbonyl (C=O) groups excluding carboxylic acids is 2. The molecule has 1 amide bonds. The van der Waals surface area contributed by atoms with Gasteiger partial charge in [-0.25, -0.2) is 0 Å². The van der Waals surface area contributed by atoms with Gasteiger partial charge in [0.15, 0.2) is 6.10 Å². The fourth-order valence-corrected chi connectivity index (χ4v) is 2.92. The molecule has 0 saturated heterocycles. The summed E-state index contributed by atoms with van der Waals surface area (Å²) in [7, 11) is 1.38. The van der Waals surface area contributed by atoms with Gasteiger partial charge >= 0.3 is 5.97 Å². The Morgan fingerprint density at radius 3 is 2.68 bits per heavy atom. The minimum atomic E-state index is -1.13. The molecule has 0 aliphatic carbocycles. The molecule has 1 N–H and O–H groups in total. The maximum atomic E-state index is 12.3. The van der Waals surface area contributed by atoms with Crippen LogP contribution in [0.4, 0.5) is 11.4 Å². The first-order valence-electron chi connectivity index (χ1n) is 9.55. The van der Waals surface area contributed by atoms with Crippen LogP contribution in [0.2, 0.25) is 0 Å². The van der Waals surface area contributed by atoms with Gasteiger partial charge in [-0.1, -0.05) is 24.3 Å². The second kappa shape index (κ2) is 9.66. The molecule has 0 aliphatic rings. The van der Waals surface area contributed by atoms with Crippen LogP contribution in [0.15, 0.2) is 54.6 Å². The molecule has 0 spiro atoms. The summed E-state index contributed by atoms with van der Waals surface area (Å²) >= 11 is 0. The number of pyridine rings is 1. The second-order valence-electron chi connectivity index (χ2n) is 6.76. The van der Waals surface area contributed by atoms with Gasteiger partial charge in [-0.3, -0.25) is 24.7 Å². The lowest BCUT2D eigenvalue weighted by molar-refractivity contribution is -0.384. The van der Waals surface area contributed by atoms with E-state index in [2.05, 4.69) is 10.3 Å². The van der Waals surface area contributed by atoms with Crippen molar-refractivity contribution in [3.63, 3.8) is 0 Å². The third kappa shape index (κ3) is 5.53. The van der Waals surface area contributed by atoms with Gasteiger partial charge < -0.3 is 14.8 Å². The number of hydrogen-bond acceptors (Lipinski definition) is 7. The molecule has 3 aromatic rings. The predicted octanol–water partition coefficient (Wildman–Crippen LogP) is 3.65. The van der Waals surface area contributed by atoms with E-state index in [1.807, 2.05) is 36.4 Å². The molecule has 1 aromatic heterocycles. The van der Waals surface area contributed by atoms with Gasteiger partial charge in [0.05, 0.1) is 30.0 Å². The zero-order chi connectivity index (χ0) is 22.4. The average molecular weight is 423 g/mol. The Morgan fingerprint density at radius 1 is 1.16 bits per heavy atom. The van der Waals surface area contributed by atoms with Crippen LogP contribution in [0.1, 0.15) is 19.0 Å². The van der Waals surface area contributed by atoms with Crippen molar-refractivity contribution in [1.82, 2.24) is 4.98 Å². The van der Waals surface area contributed by atoms with Gasteiger partial charge in [-0.2, -0.15) is 0 Å². The van der Waals surface area contributed by atoms with Gasteiger partial charge in [0.1, 0.15) is 11.4 Å². The minimum Gasteiger partial charge on any atom is -0.496 e. The molecule has 0 bridgehead atoms. The quantitative estimate of drug-likeness (QED) is 0.333. The molecule has 2 aromatic carbocycles. The van der Waals surface area contributed by atoms with E-state index in [1.54, 1.807) is 0 Å². The zero-order valence-electron chi connectivity index (χ0n) is 17.0. The van der Waals surface area contributed by atoms with Crippen LogP contribution in [0, 0.1) is 10.1 Å². The SMILES string of the molecule is COc1ccc(NC(=O)C(C)OC(=O)CCc2ccc3ccccc3n2)c([N+](=O)[O-])c1. The lowest BCUT2D eigenvalue weighted by Crippen LogP contribution is -2.30. The van der Waals surface area contributed by atoms with Crippen molar-refractivity contribution >= 4 is 34.2 Å². The number of amides is 1. The number of nitro benzene ring substituents is 1. The highest BCUT2D eigenvalue weighted by Gasteiger charge is 2.22. The van der Waals surface area contributed by atoms with E-state index in [-0.39, 0.29) is 23.5 Å². The summed E-state index contributed by atoms with van der Waals surface area (Å²) in [6.07, 6.45) is -0.716. The highest BCUT2D eigenvalue weighted by atomic mass is 16.6. The smallest absolute Gasteiger partial charge is 0.306 e. The van der Waals surface area contributed by atoms with Crippen LogP contribution >= 0.6 is 0 Å². The summed E-state index contributed by atoms with van der Waals surface area (Å²) in [5.41, 5.74) is 1.23. The number of nitrogens with one attached hydrogen (secondary N) is 1. The van der Waals surface area contributed by atoms with Crippen molar-refractivity contribution in [2.24, 2.45) is 0 Å². The summed E-state index contributed by atoms with van der Waals surface area (Å²) in [6.45, 7) is 1.40. The summed E-state index contributed by atoms with van der Waals surface area (Å²) in [4.78, 5) is 39.6. The minimum absolute atomic E-state index is 0.0148. The van der Waals surface area contributed by atoms with Crippen molar-refractivity contribution in [3.05, 3.63) is 70.4 Å². The fraction of sp³-hybridized carbons (Fsp3) is 0.227. The number of aryl methyl sites for hydroxylation is 1. The average Bonchev–Trinajstić information content (AvgIpc) is 2.77. The fourth-order valence-electron chi connectivity index (χ4n) is 2.92. The summed E-state index contributed by atoms with van der Waals surface area (Å²) in [5, 5.41) is 14.7. The van der Waals surface area contributed by atoms with Gasteiger partial charge in [0.25, 0.3) is 11.6 Å². The van der Waals surface area contributed by atoms with Crippen LogP contribution in [0.5, 0.6) is 5.75 Å². The zero-order valence-corrected chi connectivity index (χ0v) is 17.0. The maximum Gasteiger partial charge on any atom is 0.306 e. The molecule has 9 heteroatoms. The Hall–Kier alpha value is -4.01. The summed E-state index contributed by atoms with van der Waals surface area (Å²) in [5.74, 6) is -0.959. The molecular weight excluding hydrogens is 402 g/mol. The first kappa shape index (κ1) is 21.7. The highest BCUT2D eigenvalue weighted by molar-refractivity contribution is 5.97. The second-order valence-corrected chi connectivity index (χ2v) is 6.76. The van der Waals surface area contributed by atoms with E-state index in [0.29, 0.717) is 6.42 Å². The number of rotatable bonds is 8. The molecule has 0 saturated carbocycles. The Kier molecular flexibility index (Phi) is 6.76. The first-order chi connectivity index (χ1) is 14.9. The molecule has 3 rings (SSSR count). The third-order valence-electron chi connectivity index (χ3n) is 4.58. The van der Waals surface area contributed by atoms with Crippen molar-refractivity contribution in [2.45, 2.75) is 25.9 Å². The van der Waals surface area contributed by atoms with Gasteiger partial charge in [0, 0.05) is 17.5 Å². The summed E-state index contributed by atoms with van der Waals surface area (Å²) < 4.78 is 10.1. The van der Waals surface area contributed by atoms with E-state index >= 15 is 0 Å². The standard InChI is InChI=1S/C22H21N3O6/c1-14(22(27)24-19-11-10-17(30-2)13-20(19)25(28)29)31-21(26)12-9-16-8-7-15-5-3-4-6-18(15)23-16/h3-8,10-11,13-14H,9,12H2,1-2H3,(H,24,27). The van der Waals surface area contributed by atoms with E-state index in [4.69, 9.17) is 9.47 Å². The van der Waals surface area contributed by atoms with Crippen LogP contribution in [0.3, 0.4) is 0 Å². The van der Waals surface area contributed by atoms with Gasteiger partial charge in [-0.15, -0.1) is 0 Å². The van der Waals surface area contributed by atoms with Crippen LogP contribution in [-0.4, -0.2) is 35.0 Å². The number of ether oxygens (including phenoxy) is 2. The largest absolute Gasteiger partial charge is 0.496 e. The molecule has 31 heavy (non-hydrogen) atoms. The molecule has 160 valence electrons. The molecule has 1 unspecified atom stereocenters. The maximum absolute atomic E-state index is 12.3. The normalized spacial score (nSPS) is 11.5. The molecular formula is C22H21N3O6. The van der Waals surface area contributed by atoms with E-state index in [9.17, 15) is 19.7 Å². The molecule has 0 radical (unpaired) electrons. The number of para-hydroxylation sites is 1. The Morgan fingerprint density at radius 2 is 1.94 bits per heavy atom. The van der Waals surface area contributed by atoms with Crippen molar-refractivity contribution < 1.29 is 24.0 Å². The number of fused-ring (bicyclic) bond motifs is 1. The monoisotopic (exact) mass is 423 g/mol. The predicted molar refractivity (Wildman–Crippen MR) is 114 cm³/mol. The van der Waals surface area contributed by atoms with E-state index < -0.39 is 22.9 Å². The van der Waals surface area contributed by atoms with Gasteiger partial charge in [-0.05, 0) is 31.2 Å². The number of methoxy groups -OCH3 is 1. The number of aromatic nitrogens is 1. The number of hydrogen-bond donors (Lipinski definition) is 1. The number of esters is 1. The van der Waals surface area contributed by atoms with E-state index in [1.165, 1.54) is 32.2 Å². The van der Waals surface area contributed by atoms with Crippen LogP contribution in [-0.2, 0) is 20.7 Å². The number of nitrogens with zero attached hydrogens (tertiary/aromatic N) is 2. The highest BCUT2D eigenvalue weighted by Crippen LogP contribution is 2.29. The van der Waals surface area contributed by atoms with Crippen molar-refractivity contribution in [3.8, 4) is 5.75 Å². The Labute approximate surface area is 178 Å².